The molecule has 0 aliphatic carbocycles. The van der Waals surface area contributed by atoms with E-state index in [-0.39, 0.29) is 40.8 Å². The fraction of sp³-hybridized carbons (Fsp3) is 0.316. The smallest absolute Gasteiger partial charge is 0.313 e. The van der Waals surface area contributed by atoms with Crippen LogP contribution in [0, 0.1) is 16.0 Å². The van der Waals surface area contributed by atoms with Crippen molar-refractivity contribution < 1.29 is 14.5 Å². The largest absolute Gasteiger partial charge is 0.450 e. The van der Waals surface area contributed by atoms with Crippen LogP contribution in [0.5, 0.6) is 11.5 Å². The number of carbonyl (C=O) groups excluding carboxylic acids is 1. The highest BCUT2D eigenvalue weighted by atomic mass is 35.5. The van der Waals surface area contributed by atoms with Gasteiger partial charge in [-0.1, -0.05) is 11.6 Å². The molecule has 1 aliphatic heterocycles. The first-order valence-corrected chi connectivity index (χ1v) is 8.99. The molecule has 0 spiro atoms. The molecular weight excluding hydrogens is 405 g/mol. The Balaban J connectivity index is 0.00000280. The van der Waals surface area contributed by atoms with Gasteiger partial charge in [0.05, 0.1) is 4.92 Å². The van der Waals surface area contributed by atoms with Crippen LogP contribution in [0.25, 0.3) is 0 Å². The zero-order chi connectivity index (χ0) is 19.6. The van der Waals surface area contributed by atoms with E-state index in [1.807, 2.05) is 11.8 Å². The van der Waals surface area contributed by atoms with Gasteiger partial charge in [0.2, 0.25) is 5.75 Å². The molecule has 2 aromatic carbocycles. The molecule has 1 heterocycles. The number of hydrogen-bond donors (Lipinski definition) is 1. The maximum Gasteiger partial charge on any atom is 0.313 e. The van der Waals surface area contributed by atoms with Crippen molar-refractivity contribution in [2.24, 2.45) is 11.7 Å². The second-order valence-corrected chi connectivity index (χ2v) is 7.08. The molecular formula is C19H21Cl2N3O4. The monoisotopic (exact) mass is 425 g/mol. The first-order chi connectivity index (χ1) is 12.9. The molecule has 1 aliphatic rings. The lowest BCUT2D eigenvalue weighted by atomic mass is 10.1. The summed E-state index contributed by atoms with van der Waals surface area (Å²) in [6.07, 6.45) is 0.906. The molecule has 3 rings (SSSR count). The molecule has 7 nitrogen and oxygen atoms in total. The number of halogens is 2. The number of carbonyl (C=O) groups is 1. The standard InChI is InChI=1S/C19H20ClN3O4.ClH/c1-12-8-13(10-21)11-22(12)19(24)14-2-5-16(6-3-14)27-18-7-4-15(20)9-17(18)23(25)26;/h2-7,9,12-13H,8,10-11,21H2,1H3;1H. The number of amides is 1. The van der Waals surface area contributed by atoms with E-state index in [9.17, 15) is 14.9 Å². The Kier molecular flexibility index (Phi) is 7.23. The highest BCUT2D eigenvalue weighted by Crippen LogP contribution is 2.34. The molecule has 9 heteroatoms. The Bertz CT molecular complexity index is 861. The van der Waals surface area contributed by atoms with Crippen LogP contribution in [0.4, 0.5) is 5.69 Å². The first kappa shape index (κ1) is 21.9. The minimum atomic E-state index is -0.554. The van der Waals surface area contributed by atoms with Crippen LogP contribution in [0.2, 0.25) is 5.02 Å². The van der Waals surface area contributed by atoms with Crippen LogP contribution in [0.3, 0.4) is 0 Å². The normalized spacial score (nSPS) is 18.5. The summed E-state index contributed by atoms with van der Waals surface area (Å²) in [5.74, 6) is 0.758. The lowest BCUT2D eigenvalue weighted by Gasteiger charge is -2.21. The minimum Gasteiger partial charge on any atom is -0.450 e. The quantitative estimate of drug-likeness (QED) is 0.569. The third kappa shape index (κ3) is 4.73. The summed E-state index contributed by atoms with van der Waals surface area (Å²) in [6, 6.07) is 10.9. The van der Waals surface area contributed by atoms with Crippen molar-refractivity contribution in [3.63, 3.8) is 0 Å². The van der Waals surface area contributed by atoms with Crippen molar-refractivity contribution >= 4 is 35.6 Å². The van der Waals surface area contributed by atoms with Crippen molar-refractivity contribution in [3.8, 4) is 11.5 Å². The van der Waals surface area contributed by atoms with E-state index >= 15 is 0 Å². The zero-order valence-electron chi connectivity index (χ0n) is 15.2. The number of benzene rings is 2. The second kappa shape index (κ2) is 9.23. The van der Waals surface area contributed by atoms with Crippen LogP contribution in [-0.4, -0.2) is 34.9 Å². The highest BCUT2D eigenvalue weighted by molar-refractivity contribution is 6.30. The second-order valence-electron chi connectivity index (χ2n) is 6.64. The van der Waals surface area contributed by atoms with Gasteiger partial charge in [-0.3, -0.25) is 14.9 Å². The van der Waals surface area contributed by atoms with Crippen LogP contribution in [0.15, 0.2) is 42.5 Å². The Morgan fingerprint density at radius 1 is 1.32 bits per heavy atom. The average Bonchev–Trinajstić information content (AvgIpc) is 3.04. The van der Waals surface area contributed by atoms with Gasteiger partial charge >= 0.3 is 5.69 Å². The molecule has 0 bridgehead atoms. The summed E-state index contributed by atoms with van der Waals surface area (Å²) in [4.78, 5) is 25.1. The summed E-state index contributed by atoms with van der Waals surface area (Å²) >= 11 is 5.80. The Labute approximate surface area is 174 Å². The first-order valence-electron chi connectivity index (χ1n) is 8.62. The molecule has 2 aromatic rings. The van der Waals surface area contributed by atoms with E-state index in [1.165, 1.54) is 18.2 Å². The van der Waals surface area contributed by atoms with E-state index in [2.05, 4.69) is 0 Å². The Morgan fingerprint density at radius 3 is 2.57 bits per heavy atom. The molecule has 2 atom stereocenters. The third-order valence-electron chi connectivity index (χ3n) is 4.70. The molecule has 0 radical (unpaired) electrons. The predicted octanol–water partition coefficient (Wildman–Crippen LogP) is 4.27. The van der Waals surface area contributed by atoms with E-state index in [0.29, 0.717) is 30.3 Å². The van der Waals surface area contributed by atoms with E-state index in [0.717, 1.165) is 6.42 Å². The Morgan fingerprint density at radius 2 is 2.00 bits per heavy atom. The minimum absolute atomic E-state index is 0. The van der Waals surface area contributed by atoms with Gasteiger partial charge in [-0.15, -0.1) is 12.4 Å². The molecule has 1 amide bonds. The van der Waals surface area contributed by atoms with Crippen LogP contribution in [-0.2, 0) is 0 Å². The maximum absolute atomic E-state index is 12.7. The van der Waals surface area contributed by atoms with E-state index in [1.54, 1.807) is 24.3 Å². The van der Waals surface area contributed by atoms with Crippen molar-refractivity contribution in [3.05, 3.63) is 63.2 Å². The number of nitrogens with two attached hydrogens (primary N) is 1. The maximum atomic E-state index is 12.7. The number of nitro benzene ring substituents is 1. The lowest BCUT2D eigenvalue weighted by molar-refractivity contribution is -0.385. The van der Waals surface area contributed by atoms with Crippen molar-refractivity contribution in [1.82, 2.24) is 4.90 Å². The summed E-state index contributed by atoms with van der Waals surface area (Å²) in [6.45, 7) is 3.25. The number of nitro groups is 1. The average molecular weight is 426 g/mol. The molecule has 1 saturated heterocycles. The number of ether oxygens (including phenoxy) is 1. The van der Waals surface area contributed by atoms with Gasteiger partial charge in [0.25, 0.3) is 5.91 Å². The lowest BCUT2D eigenvalue weighted by Crippen LogP contribution is -2.34. The van der Waals surface area contributed by atoms with E-state index < -0.39 is 4.92 Å². The summed E-state index contributed by atoms with van der Waals surface area (Å²) in [7, 11) is 0. The third-order valence-corrected chi connectivity index (χ3v) is 4.94. The predicted molar refractivity (Wildman–Crippen MR) is 110 cm³/mol. The molecule has 28 heavy (non-hydrogen) atoms. The van der Waals surface area contributed by atoms with Gasteiger partial charge < -0.3 is 15.4 Å². The van der Waals surface area contributed by atoms with Gasteiger partial charge in [0, 0.05) is 29.2 Å². The topological polar surface area (TPSA) is 98.7 Å². The van der Waals surface area contributed by atoms with Crippen LogP contribution >= 0.6 is 24.0 Å². The highest BCUT2D eigenvalue weighted by Gasteiger charge is 2.32. The fourth-order valence-electron chi connectivity index (χ4n) is 3.27. The number of likely N-dealkylation sites (tertiary alicyclic amines) is 1. The summed E-state index contributed by atoms with van der Waals surface area (Å²) < 4.78 is 5.60. The number of hydrogen-bond acceptors (Lipinski definition) is 5. The number of rotatable bonds is 5. The van der Waals surface area contributed by atoms with Gasteiger partial charge in [0.1, 0.15) is 5.75 Å². The van der Waals surface area contributed by atoms with Crippen molar-refractivity contribution in [2.45, 2.75) is 19.4 Å². The summed E-state index contributed by atoms with van der Waals surface area (Å²) in [5, 5.41) is 11.4. The van der Waals surface area contributed by atoms with Gasteiger partial charge in [0.15, 0.2) is 0 Å². The van der Waals surface area contributed by atoms with Crippen molar-refractivity contribution in [2.75, 3.05) is 13.1 Å². The molecule has 2 unspecified atom stereocenters. The molecule has 150 valence electrons. The van der Waals surface area contributed by atoms with Gasteiger partial charge in [-0.25, -0.2) is 0 Å². The molecule has 1 fully saturated rings. The Hall–Kier alpha value is -2.35. The van der Waals surface area contributed by atoms with E-state index in [4.69, 9.17) is 22.1 Å². The SMILES string of the molecule is CC1CC(CN)CN1C(=O)c1ccc(Oc2ccc(Cl)cc2[N+](=O)[O-])cc1.Cl. The molecule has 0 aromatic heterocycles. The number of nitrogens with zero attached hydrogens (tertiary/aromatic N) is 2. The molecule has 2 N–H and O–H groups in total. The van der Waals surface area contributed by atoms with Crippen LogP contribution < -0.4 is 10.5 Å². The van der Waals surface area contributed by atoms with Crippen molar-refractivity contribution in [1.29, 1.82) is 0 Å². The molecule has 0 saturated carbocycles. The van der Waals surface area contributed by atoms with Crippen LogP contribution in [0.1, 0.15) is 23.7 Å². The van der Waals surface area contributed by atoms with Gasteiger partial charge in [-0.2, -0.15) is 0 Å². The van der Waals surface area contributed by atoms with Gasteiger partial charge in [-0.05, 0) is 62.2 Å². The fourth-order valence-corrected chi connectivity index (χ4v) is 3.44. The zero-order valence-corrected chi connectivity index (χ0v) is 16.8. The summed E-state index contributed by atoms with van der Waals surface area (Å²) in [5.41, 5.74) is 6.04.